The van der Waals surface area contributed by atoms with Crippen molar-refractivity contribution in [2.45, 2.75) is 114 Å². The van der Waals surface area contributed by atoms with Crippen LogP contribution in [0.4, 0.5) is 8.78 Å². The Balaban J connectivity index is 0.000000274. The molecule has 0 amide bonds. The van der Waals surface area contributed by atoms with Crippen LogP contribution < -0.4 is 18.9 Å². The molecule has 0 saturated carbocycles. The highest BCUT2D eigenvalue weighted by Crippen LogP contribution is 2.33. The lowest BCUT2D eigenvalue weighted by molar-refractivity contribution is -0.153. The number of aromatic nitrogens is 8. The first kappa shape index (κ1) is 56.1. The molecule has 0 unspecified atom stereocenters. The summed E-state index contributed by atoms with van der Waals surface area (Å²) in [5.41, 5.74) is 3.45. The molecule has 0 bridgehead atoms. The molecule has 0 fully saturated rings. The van der Waals surface area contributed by atoms with E-state index in [1.807, 2.05) is 41.5 Å². The maximum Gasteiger partial charge on any atom is 0.336 e. The summed E-state index contributed by atoms with van der Waals surface area (Å²) in [7, 11) is 1.46. The molecule has 6 aromatic rings. The first-order valence-electron chi connectivity index (χ1n) is 23.6. The van der Waals surface area contributed by atoms with Crippen LogP contribution in [0.25, 0.3) is 45.0 Å². The summed E-state index contributed by atoms with van der Waals surface area (Å²) in [6.07, 6.45) is 3.04. The van der Waals surface area contributed by atoms with Crippen LogP contribution in [0.5, 0.6) is 23.8 Å². The van der Waals surface area contributed by atoms with E-state index in [9.17, 15) is 14.0 Å². The minimum absolute atomic E-state index is 0.0835. The van der Waals surface area contributed by atoms with Crippen LogP contribution in [0.2, 0.25) is 25.7 Å². The van der Waals surface area contributed by atoms with Crippen molar-refractivity contribution in [2.24, 2.45) is 10.8 Å². The van der Waals surface area contributed by atoms with E-state index < -0.39 is 30.5 Å². The van der Waals surface area contributed by atoms with Gasteiger partial charge < -0.3 is 33.2 Å². The van der Waals surface area contributed by atoms with Crippen LogP contribution in [0, 0.1) is 36.3 Å². The largest absolute Gasteiger partial charge is 0.476 e. The fraction of sp³-hybridized carbons (Fsp3) is 0.462. The number of esters is 2. The Bertz CT molecular complexity index is 2810. The second-order valence-electron chi connectivity index (χ2n) is 20.3. The molecule has 4 aromatic heterocycles. The van der Waals surface area contributed by atoms with E-state index in [4.69, 9.17) is 33.2 Å². The van der Waals surface area contributed by atoms with Gasteiger partial charge in [0.15, 0.2) is 11.6 Å². The molecule has 0 aliphatic carbocycles. The van der Waals surface area contributed by atoms with Crippen LogP contribution in [-0.2, 0) is 30.5 Å². The number of benzene rings is 2. The third-order valence-corrected chi connectivity index (χ3v) is 12.6. The van der Waals surface area contributed by atoms with Gasteiger partial charge in [0.05, 0.1) is 48.4 Å². The maximum atomic E-state index is 15.4. The number of nitrogens with one attached hydrogen (secondary N) is 1. The number of aromatic amines is 1. The summed E-state index contributed by atoms with van der Waals surface area (Å²) < 4.78 is 69.8. The van der Waals surface area contributed by atoms with Gasteiger partial charge in [0.1, 0.15) is 31.6 Å². The van der Waals surface area contributed by atoms with Gasteiger partial charge in [0.2, 0.25) is 11.8 Å². The predicted octanol–water partition coefficient (Wildman–Crippen LogP) is 10.5. The molecule has 388 valence electrons. The Morgan fingerprint density at radius 3 is 1.65 bits per heavy atom. The van der Waals surface area contributed by atoms with Crippen molar-refractivity contribution in [3.05, 3.63) is 83.7 Å². The topological polar surface area (TPSA) is 197 Å². The van der Waals surface area contributed by atoms with Crippen LogP contribution >= 0.6 is 0 Å². The van der Waals surface area contributed by atoms with Gasteiger partial charge in [-0.2, -0.15) is 14.6 Å². The molecule has 0 spiro atoms. The molecule has 20 heteroatoms. The number of carbonyl (C=O) groups excluding carboxylic acids is 2. The molecule has 4 heterocycles. The number of H-pyrrole nitrogens is 1. The Morgan fingerprint density at radius 2 is 1.21 bits per heavy atom. The second-order valence-corrected chi connectivity index (χ2v) is 25.9. The SMILES string of the molecule is COC(=O)C(C)(C)COc1cc(C)c(-c2ccc(-c3nc(OC(C)C)n(COCC[Si](C)(C)C)n3)c(F)c2)cn1.COC(=O)C(C)(C)COc1cc(C)c(-c2ccc(-c3nc(OC(C)C)n[nH]3)c(F)c2)cn1. The summed E-state index contributed by atoms with van der Waals surface area (Å²) in [6.45, 7) is 26.1. The zero-order valence-corrected chi connectivity index (χ0v) is 45.0. The molecule has 0 aliphatic heterocycles. The highest BCUT2D eigenvalue weighted by atomic mass is 28.3. The Morgan fingerprint density at radius 1 is 0.708 bits per heavy atom. The lowest BCUT2D eigenvalue weighted by atomic mass is 9.95. The number of aryl methyl sites for hydroxylation is 2. The van der Waals surface area contributed by atoms with Gasteiger partial charge in [-0.05, 0) is 122 Å². The Kier molecular flexibility index (Phi) is 18.8. The van der Waals surface area contributed by atoms with Gasteiger partial charge in [0, 0.05) is 50.3 Å². The highest BCUT2D eigenvalue weighted by molar-refractivity contribution is 6.76. The van der Waals surface area contributed by atoms with Gasteiger partial charge in [-0.3, -0.25) is 14.7 Å². The summed E-state index contributed by atoms with van der Waals surface area (Å²) in [6, 6.07) is 14.7. The maximum absolute atomic E-state index is 15.4. The number of hydrogen-bond acceptors (Lipinski definition) is 15. The number of nitrogens with zero attached hydrogens (tertiary/aromatic N) is 7. The van der Waals surface area contributed by atoms with E-state index >= 15 is 4.39 Å². The molecular weight excluding hydrogens is 947 g/mol. The molecule has 72 heavy (non-hydrogen) atoms. The molecule has 0 atom stereocenters. The average molecular weight is 1020 g/mol. The molecule has 0 radical (unpaired) electrons. The van der Waals surface area contributed by atoms with E-state index in [2.05, 4.69) is 54.9 Å². The van der Waals surface area contributed by atoms with E-state index in [0.717, 1.165) is 28.3 Å². The van der Waals surface area contributed by atoms with Crippen molar-refractivity contribution < 1.29 is 51.5 Å². The monoisotopic (exact) mass is 1010 g/mol. The van der Waals surface area contributed by atoms with Crippen LogP contribution in [0.1, 0.15) is 66.5 Å². The minimum Gasteiger partial charge on any atom is -0.476 e. The number of halogens is 2. The van der Waals surface area contributed by atoms with Crippen molar-refractivity contribution in [1.29, 1.82) is 0 Å². The van der Waals surface area contributed by atoms with Crippen LogP contribution in [0.15, 0.2) is 60.9 Å². The number of hydrogen-bond donors (Lipinski definition) is 1. The highest BCUT2D eigenvalue weighted by Gasteiger charge is 2.31. The van der Waals surface area contributed by atoms with E-state index in [0.29, 0.717) is 29.5 Å². The molecule has 17 nitrogen and oxygen atoms in total. The summed E-state index contributed by atoms with van der Waals surface area (Å²) >= 11 is 0. The number of ether oxygens (including phenoxy) is 7. The fourth-order valence-corrected chi connectivity index (χ4v) is 7.48. The lowest BCUT2D eigenvalue weighted by Gasteiger charge is -2.21. The standard InChI is InChI=1S/C29H41FN4O5Si.C23H27FN4O4/c1-19(2)39-28-32-26(33-34(28)18-37-12-13-40(7,8)9)22-11-10-21(15-24(22)30)23-16-31-25(14-20(23)3)38-17-29(4,5)27(35)36-6;1-13(2)32-22-26-20(27-28-22)16-8-7-15(10-18(16)24)17-11-25-19(9-14(17)3)31-12-23(4,5)21(29)30-6/h10-11,14-16,19H,12-13,17-18H2,1-9H3;7-11,13H,12H2,1-6H3,(H,26,27,28). The number of methoxy groups -OCH3 is 2. The summed E-state index contributed by atoms with van der Waals surface area (Å²) in [4.78, 5) is 41.0. The quantitative estimate of drug-likeness (QED) is 0.0406. The van der Waals surface area contributed by atoms with Crippen molar-refractivity contribution in [2.75, 3.05) is 34.0 Å². The molecule has 1 N–H and O–H groups in total. The third-order valence-electron chi connectivity index (χ3n) is 10.9. The number of carbonyl (C=O) groups is 2. The van der Waals surface area contributed by atoms with Gasteiger partial charge >= 0.3 is 24.0 Å². The molecule has 0 saturated heterocycles. The lowest BCUT2D eigenvalue weighted by Crippen LogP contribution is -2.32. The summed E-state index contributed by atoms with van der Waals surface area (Å²) in [5, 5.41) is 11.1. The minimum atomic E-state index is -1.23. The first-order valence-corrected chi connectivity index (χ1v) is 27.3. The predicted molar refractivity (Wildman–Crippen MR) is 271 cm³/mol. The van der Waals surface area contributed by atoms with E-state index in [1.165, 1.54) is 31.0 Å². The number of pyridine rings is 2. The smallest absolute Gasteiger partial charge is 0.336 e. The molecule has 0 aliphatic rings. The van der Waals surface area contributed by atoms with Crippen LogP contribution in [0.3, 0.4) is 0 Å². The Labute approximate surface area is 421 Å². The first-order chi connectivity index (χ1) is 33.8. The van der Waals surface area contributed by atoms with Gasteiger partial charge in [-0.25, -0.2) is 18.7 Å². The van der Waals surface area contributed by atoms with E-state index in [1.54, 1.807) is 76.5 Å². The average Bonchev–Trinajstić information content (AvgIpc) is 3.94. The zero-order valence-electron chi connectivity index (χ0n) is 44.0. The van der Waals surface area contributed by atoms with Crippen molar-refractivity contribution >= 4 is 20.0 Å². The van der Waals surface area contributed by atoms with E-state index in [-0.39, 0.29) is 78.9 Å². The molecule has 2 aromatic carbocycles. The van der Waals surface area contributed by atoms with Crippen LogP contribution in [-0.4, -0.2) is 106 Å². The second kappa shape index (κ2) is 24.1. The van der Waals surface area contributed by atoms with Crippen molar-refractivity contribution in [1.82, 2.24) is 39.9 Å². The number of rotatable bonds is 21. The van der Waals surface area contributed by atoms with Gasteiger partial charge in [-0.15, -0.1) is 10.2 Å². The zero-order chi connectivity index (χ0) is 53.1. The normalized spacial score (nSPS) is 11.8. The third kappa shape index (κ3) is 15.4. The molecular formula is C52H68F2N8O9Si. The van der Waals surface area contributed by atoms with Gasteiger partial charge in [-0.1, -0.05) is 31.8 Å². The van der Waals surface area contributed by atoms with Crippen molar-refractivity contribution in [3.63, 3.8) is 0 Å². The van der Waals surface area contributed by atoms with Crippen molar-refractivity contribution in [3.8, 4) is 68.8 Å². The summed E-state index contributed by atoms with van der Waals surface area (Å²) in [5.74, 6) is -0.394. The molecule has 6 rings (SSSR count). The fourth-order valence-electron chi connectivity index (χ4n) is 6.72. The Hall–Kier alpha value is -6.80. The van der Waals surface area contributed by atoms with Gasteiger partial charge in [0.25, 0.3) is 0 Å².